The first-order valence-electron chi connectivity index (χ1n) is 8.15. The first kappa shape index (κ1) is 17.8. The number of benzene rings is 1. The molecule has 138 valence electrons. The molecule has 1 aliphatic rings. The van der Waals surface area contributed by atoms with E-state index in [0.29, 0.717) is 30.2 Å². The Morgan fingerprint density at radius 2 is 1.96 bits per heavy atom. The number of hydrogen-bond donors (Lipinski definition) is 1. The maximum absolute atomic E-state index is 12.8. The zero-order valence-electron chi connectivity index (χ0n) is 14.8. The van der Waals surface area contributed by atoms with E-state index < -0.39 is 12.0 Å². The van der Waals surface area contributed by atoms with Crippen LogP contribution in [0.2, 0.25) is 0 Å². The molecule has 1 aromatic carbocycles. The van der Waals surface area contributed by atoms with Crippen LogP contribution in [0.3, 0.4) is 0 Å². The van der Waals surface area contributed by atoms with Gasteiger partial charge in [-0.3, -0.25) is 9.59 Å². The van der Waals surface area contributed by atoms with Gasteiger partial charge in [-0.15, -0.1) is 0 Å². The zero-order chi connectivity index (χ0) is 18.8. The van der Waals surface area contributed by atoms with Crippen molar-refractivity contribution in [1.29, 1.82) is 0 Å². The number of aryl methyl sites for hydroxylation is 1. The lowest BCUT2D eigenvalue weighted by Crippen LogP contribution is -2.41. The number of carboxylic acids is 1. The van der Waals surface area contributed by atoms with E-state index in [1.54, 1.807) is 26.2 Å². The Kier molecular flexibility index (Phi) is 4.83. The first-order chi connectivity index (χ1) is 12.4. The topological polar surface area (TPSA) is 102 Å². The summed E-state index contributed by atoms with van der Waals surface area (Å²) in [5.74, 6) is -0.208. The largest absolute Gasteiger partial charge is 0.493 e. The third-order valence-electron chi connectivity index (χ3n) is 4.47. The van der Waals surface area contributed by atoms with Gasteiger partial charge < -0.3 is 24.0 Å². The lowest BCUT2D eigenvalue weighted by Gasteiger charge is -2.36. The third-order valence-corrected chi connectivity index (χ3v) is 4.47. The standard InChI is InChI=1S/C18H20N2O6/c1-10-6-16(26-19-10)18(23)20-5-4-11-7-14(24-2)15(25-3)8-12(11)13(20)9-17(21)22/h6-8,13H,4-5,9H2,1-3H3,(H,21,22). The summed E-state index contributed by atoms with van der Waals surface area (Å²) in [6.45, 7) is 2.09. The molecule has 3 rings (SSSR count). The summed E-state index contributed by atoms with van der Waals surface area (Å²) in [5, 5.41) is 13.1. The fourth-order valence-corrected chi connectivity index (χ4v) is 3.26. The zero-order valence-corrected chi connectivity index (χ0v) is 14.8. The van der Waals surface area contributed by atoms with E-state index in [0.717, 1.165) is 11.1 Å². The van der Waals surface area contributed by atoms with Crippen molar-refractivity contribution in [3.8, 4) is 11.5 Å². The van der Waals surface area contributed by atoms with E-state index in [-0.39, 0.29) is 18.1 Å². The van der Waals surface area contributed by atoms with E-state index >= 15 is 0 Å². The Morgan fingerprint density at radius 1 is 1.27 bits per heavy atom. The molecule has 8 heteroatoms. The summed E-state index contributed by atoms with van der Waals surface area (Å²) >= 11 is 0. The number of carboxylic acid groups (broad SMARTS) is 1. The molecule has 0 aliphatic carbocycles. The number of carbonyl (C=O) groups is 2. The third kappa shape index (κ3) is 3.22. The SMILES string of the molecule is COc1cc2c(cc1OC)C(CC(=O)O)N(C(=O)c1cc(C)no1)CC2. The second-order valence-electron chi connectivity index (χ2n) is 6.10. The summed E-state index contributed by atoms with van der Waals surface area (Å²) in [5.41, 5.74) is 2.26. The quantitative estimate of drug-likeness (QED) is 0.872. The summed E-state index contributed by atoms with van der Waals surface area (Å²) in [4.78, 5) is 25.8. The number of aliphatic carboxylic acids is 1. The van der Waals surface area contributed by atoms with Gasteiger partial charge in [0.1, 0.15) is 0 Å². The number of hydrogen-bond acceptors (Lipinski definition) is 6. The molecule has 0 saturated carbocycles. The molecule has 0 spiro atoms. The Balaban J connectivity index is 2.03. The molecule has 1 N–H and O–H groups in total. The highest BCUT2D eigenvalue weighted by molar-refractivity contribution is 5.92. The van der Waals surface area contributed by atoms with Crippen LogP contribution in [0.25, 0.3) is 0 Å². The van der Waals surface area contributed by atoms with E-state index in [1.165, 1.54) is 12.0 Å². The van der Waals surface area contributed by atoms with Gasteiger partial charge in [0.2, 0.25) is 5.76 Å². The van der Waals surface area contributed by atoms with Crippen LogP contribution >= 0.6 is 0 Å². The van der Waals surface area contributed by atoms with Crippen LogP contribution < -0.4 is 9.47 Å². The van der Waals surface area contributed by atoms with Crippen molar-refractivity contribution in [2.24, 2.45) is 0 Å². The minimum atomic E-state index is -0.996. The van der Waals surface area contributed by atoms with Crippen LogP contribution in [-0.2, 0) is 11.2 Å². The summed E-state index contributed by atoms with van der Waals surface area (Å²) in [6, 6.07) is 4.49. The van der Waals surface area contributed by atoms with Crippen LogP contribution in [0.5, 0.6) is 11.5 Å². The van der Waals surface area contributed by atoms with Crippen molar-refractivity contribution in [2.45, 2.75) is 25.8 Å². The first-order valence-corrected chi connectivity index (χ1v) is 8.15. The Labute approximate surface area is 150 Å². The van der Waals surface area contributed by atoms with Gasteiger partial charge in [-0.2, -0.15) is 0 Å². The molecule has 1 amide bonds. The molecule has 2 heterocycles. The Hall–Kier alpha value is -3.03. The lowest BCUT2D eigenvalue weighted by molar-refractivity contribution is -0.138. The van der Waals surface area contributed by atoms with Crippen LogP contribution in [0.15, 0.2) is 22.7 Å². The monoisotopic (exact) mass is 360 g/mol. The minimum absolute atomic E-state index is 0.0989. The molecule has 1 atom stereocenters. The van der Waals surface area contributed by atoms with Gasteiger partial charge in [0.05, 0.1) is 32.4 Å². The van der Waals surface area contributed by atoms with E-state index in [4.69, 9.17) is 14.0 Å². The normalized spacial score (nSPS) is 16.1. The van der Waals surface area contributed by atoms with Crippen molar-refractivity contribution in [3.05, 3.63) is 40.8 Å². The second-order valence-corrected chi connectivity index (χ2v) is 6.10. The predicted octanol–water partition coefficient (Wildman–Crippen LogP) is 2.21. The molecule has 8 nitrogen and oxygen atoms in total. The average molecular weight is 360 g/mol. The number of carbonyl (C=O) groups excluding carboxylic acids is 1. The van der Waals surface area contributed by atoms with Gasteiger partial charge in [0, 0.05) is 12.6 Å². The van der Waals surface area contributed by atoms with Gasteiger partial charge in [-0.1, -0.05) is 5.16 Å². The van der Waals surface area contributed by atoms with Gasteiger partial charge in [-0.25, -0.2) is 0 Å². The smallest absolute Gasteiger partial charge is 0.305 e. The number of rotatable bonds is 5. The van der Waals surface area contributed by atoms with Crippen molar-refractivity contribution in [1.82, 2.24) is 10.1 Å². The fourth-order valence-electron chi connectivity index (χ4n) is 3.26. The van der Waals surface area contributed by atoms with Crippen molar-refractivity contribution in [3.63, 3.8) is 0 Å². The summed E-state index contributed by atoms with van der Waals surface area (Å²) in [7, 11) is 3.06. The van der Waals surface area contributed by atoms with Crippen LogP contribution in [0.1, 0.15) is 39.8 Å². The van der Waals surface area contributed by atoms with Gasteiger partial charge in [0.15, 0.2) is 11.5 Å². The molecule has 1 aromatic heterocycles. The highest BCUT2D eigenvalue weighted by Crippen LogP contribution is 2.40. The number of methoxy groups -OCH3 is 2. The average Bonchev–Trinajstić information content (AvgIpc) is 3.06. The fraction of sp³-hybridized carbons (Fsp3) is 0.389. The van der Waals surface area contributed by atoms with Gasteiger partial charge in [-0.05, 0) is 36.6 Å². The molecule has 2 aromatic rings. The van der Waals surface area contributed by atoms with Crippen molar-refractivity contribution in [2.75, 3.05) is 20.8 Å². The number of ether oxygens (including phenoxy) is 2. The molecule has 1 unspecified atom stereocenters. The second kappa shape index (κ2) is 7.07. The highest BCUT2D eigenvalue weighted by Gasteiger charge is 2.35. The lowest BCUT2D eigenvalue weighted by atomic mass is 9.89. The number of aromatic nitrogens is 1. The van der Waals surface area contributed by atoms with Crippen LogP contribution in [0.4, 0.5) is 0 Å². The molecular formula is C18H20N2O6. The summed E-state index contributed by atoms with van der Waals surface area (Å²) < 4.78 is 15.7. The Bertz CT molecular complexity index is 844. The van der Waals surface area contributed by atoms with E-state index in [9.17, 15) is 14.7 Å². The van der Waals surface area contributed by atoms with Crippen molar-refractivity contribution >= 4 is 11.9 Å². The molecule has 0 radical (unpaired) electrons. The Morgan fingerprint density at radius 3 is 2.54 bits per heavy atom. The number of nitrogens with zero attached hydrogens (tertiary/aromatic N) is 2. The molecule has 26 heavy (non-hydrogen) atoms. The summed E-state index contributed by atoms with van der Waals surface area (Å²) in [6.07, 6.45) is 0.353. The maximum atomic E-state index is 12.8. The number of amides is 1. The molecule has 0 bridgehead atoms. The maximum Gasteiger partial charge on any atom is 0.305 e. The van der Waals surface area contributed by atoms with E-state index in [1.807, 2.05) is 6.07 Å². The van der Waals surface area contributed by atoms with Gasteiger partial charge >= 0.3 is 5.97 Å². The van der Waals surface area contributed by atoms with Gasteiger partial charge in [0.25, 0.3) is 5.91 Å². The van der Waals surface area contributed by atoms with Crippen LogP contribution in [0, 0.1) is 6.92 Å². The van der Waals surface area contributed by atoms with Crippen LogP contribution in [-0.4, -0.2) is 47.8 Å². The molecule has 0 saturated heterocycles. The minimum Gasteiger partial charge on any atom is -0.493 e. The number of fused-ring (bicyclic) bond motifs is 1. The molecule has 0 fully saturated rings. The van der Waals surface area contributed by atoms with E-state index in [2.05, 4.69) is 5.16 Å². The molecule has 1 aliphatic heterocycles. The highest BCUT2D eigenvalue weighted by atomic mass is 16.5. The predicted molar refractivity (Wildman–Crippen MR) is 90.5 cm³/mol. The van der Waals surface area contributed by atoms with Crippen molar-refractivity contribution < 1.29 is 28.7 Å². The molecular weight excluding hydrogens is 340 g/mol.